The quantitative estimate of drug-likeness (QED) is 0.737. The summed E-state index contributed by atoms with van der Waals surface area (Å²) in [5.74, 6) is 0. The Morgan fingerprint density at radius 3 is 1.43 bits per heavy atom. The Bertz CT molecular complexity index is 451. The average Bonchev–Trinajstić information content (AvgIpc) is 2.26. The predicted octanol–water partition coefficient (Wildman–Crippen LogP) is 3.85. The van der Waals surface area contributed by atoms with E-state index in [1.165, 1.54) is 17.2 Å². The van der Waals surface area contributed by atoms with E-state index in [-0.39, 0.29) is 0 Å². The summed E-state index contributed by atoms with van der Waals surface area (Å²) in [5, 5.41) is 0. The van der Waals surface area contributed by atoms with E-state index < -0.39 is 8.07 Å². The van der Waals surface area contributed by atoms with Gasteiger partial charge in [-0.25, -0.2) is 0 Å². The SMILES string of the molecule is Cc1cc(C)c(CN(C)C)c(C[Si](C)(C)C)c1CN(C)C. The zero-order chi connectivity index (χ0) is 16.4. The molecule has 0 radical (unpaired) electrons. The van der Waals surface area contributed by atoms with Gasteiger partial charge in [-0.1, -0.05) is 25.7 Å². The van der Waals surface area contributed by atoms with Gasteiger partial charge in [0.2, 0.25) is 0 Å². The van der Waals surface area contributed by atoms with Gasteiger partial charge in [-0.2, -0.15) is 0 Å². The Morgan fingerprint density at radius 2 is 1.14 bits per heavy atom. The number of nitrogens with zero attached hydrogens (tertiary/aromatic N) is 2. The van der Waals surface area contributed by atoms with Gasteiger partial charge in [0.15, 0.2) is 0 Å². The van der Waals surface area contributed by atoms with Gasteiger partial charge in [-0.05, 0) is 75.9 Å². The maximum absolute atomic E-state index is 2.48. The molecule has 0 saturated heterocycles. The van der Waals surface area contributed by atoms with Crippen LogP contribution < -0.4 is 0 Å². The van der Waals surface area contributed by atoms with Crippen LogP contribution in [0, 0.1) is 13.8 Å². The van der Waals surface area contributed by atoms with Gasteiger partial charge in [-0.15, -0.1) is 0 Å². The number of hydrogen-bond acceptors (Lipinski definition) is 2. The molecular weight excluding hydrogens is 272 g/mol. The highest BCUT2D eigenvalue weighted by Gasteiger charge is 2.22. The van der Waals surface area contributed by atoms with Gasteiger partial charge < -0.3 is 9.80 Å². The second-order valence-corrected chi connectivity index (χ2v) is 13.6. The van der Waals surface area contributed by atoms with Gasteiger partial charge in [0.1, 0.15) is 0 Å². The second kappa shape index (κ2) is 7.08. The molecule has 0 amide bonds. The smallest absolute Gasteiger partial charge is 0.0487 e. The van der Waals surface area contributed by atoms with Crippen LogP contribution >= 0.6 is 0 Å². The molecule has 0 atom stereocenters. The number of hydrogen-bond donors (Lipinski definition) is 0. The van der Waals surface area contributed by atoms with Crippen molar-refractivity contribution in [2.75, 3.05) is 28.2 Å². The van der Waals surface area contributed by atoms with Crippen molar-refractivity contribution in [2.45, 2.75) is 52.6 Å². The van der Waals surface area contributed by atoms with Crippen molar-refractivity contribution in [3.8, 4) is 0 Å². The van der Waals surface area contributed by atoms with Crippen molar-refractivity contribution in [3.05, 3.63) is 33.9 Å². The van der Waals surface area contributed by atoms with Crippen molar-refractivity contribution < 1.29 is 0 Å². The summed E-state index contributed by atoms with van der Waals surface area (Å²) < 4.78 is 0. The molecule has 0 aromatic heterocycles. The van der Waals surface area contributed by atoms with Crippen LogP contribution in [0.25, 0.3) is 0 Å². The third kappa shape index (κ3) is 5.57. The first-order valence-corrected chi connectivity index (χ1v) is 11.6. The molecule has 0 heterocycles. The standard InChI is InChI=1S/C18H34N2Si/c1-14-10-15(2)17(12-20(5)6)18(13-21(7,8)9)16(14)11-19(3)4/h10H,11-13H2,1-9H3. The average molecular weight is 307 g/mol. The molecule has 0 aliphatic rings. The van der Waals surface area contributed by atoms with Crippen molar-refractivity contribution >= 4 is 8.07 Å². The monoisotopic (exact) mass is 306 g/mol. The highest BCUT2D eigenvalue weighted by Crippen LogP contribution is 2.28. The van der Waals surface area contributed by atoms with Gasteiger partial charge in [0.05, 0.1) is 0 Å². The van der Waals surface area contributed by atoms with Gasteiger partial charge in [0, 0.05) is 21.2 Å². The molecule has 0 aliphatic carbocycles. The van der Waals surface area contributed by atoms with Crippen LogP contribution in [-0.4, -0.2) is 46.1 Å². The van der Waals surface area contributed by atoms with E-state index >= 15 is 0 Å². The lowest BCUT2D eigenvalue weighted by atomic mass is 9.92. The first-order valence-electron chi connectivity index (χ1n) is 7.91. The largest absolute Gasteiger partial charge is 0.305 e. The molecule has 0 fully saturated rings. The second-order valence-electron chi connectivity index (χ2n) is 8.16. The first-order chi connectivity index (χ1) is 9.51. The summed E-state index contributed by atoms with van der Waals surface area (Å²) >= 11 is 0. The number of aryl methyl sites for hydroxylation is 2. The van der Waals surface area contributed by atoms with E-state index in [0.717, 1.165) is 13.1 Å². The van der Waals surface area contributed by atoms with Crippen molar-refractivity contribution in [2.24, 2.45) is 0 Å². The summed E-state index contributed by atoms with van der Waals surface area (Å²) in [5.41, 5.74) is 7.66. The first kappa shape index (κ1) is 18.4. The minimum Gasteiger partial charge on any atom is -0.305 e. The molecule has 1 aromatic rings. The summed E-state index contributed by atoms with van der Waals surface area (Å²) in [7, 11) is 7.53. The van der Waals surface area contributed by atoms with Crippen LogP contribution in [0.3, 0.4) is 0 Å². The molecule has 0 spiro atoms. The van der Waals surface area contributed by atoms with Gasteiger partial charge >= 0.3 is 0 Å². The lowest BCUT2D eigenvalue weighted by Crippen LogP contribution is -2.28. The Kier molecular flexibility index (Phi) is 6.20. The number of benzene rings is 1. The van der Waals surface area contributed by atoms with Crippen LogP contribution in [0.15, 0.2) is 6.07 Å². The van der Waals surface area contributed by atoms with Crippen molar-refractivity contribution in [1.29, 1.82) is 0 Å². The lowest BCUT2D eigenvalue weighted by Gasteiger charge is -2.27. The molecule has 0 unspecified atom stereocenters. The Balaban J connectivity index is 3.46. The summed E-state index contributed by atoms with van der Waals surface area (Å²) in [6.45, 7) is 14.1. The molecule has 0 N–H and O–H groups in total. The van der Waals surface area contributed by atoms with E-state index in [1.807, 2.05) is 0 Å². The van der Waals surface area contributed by atoms with Crippen LogP contribution in [0.2, 0.25) is 19.6 Å². The highest BCUT2D eigenvalue weighted by atomic mass is 28.3. The molecule has 0 aliphatic heterocycles. The fourth-order valence-electron chi connectivity index (χ4n) is 2.97. The fourth-order valence-corrected chi connectivity index (χ4v) is 4.46. The van der Waals surface area contributed by atoms with E-state index in [4.69, 9.17) is 0 Å². The maximum Gasteiger partial charge on any atom is 0.0487 e. The number of rotatable bonds is 6. The summed E-state index contributed by atoms with van der Waals surface area (Å²) in [4.78, 5) is 4.59. The Labute approximate surface area is 133 Å². The topological polar surface area (TPSA) is 6.48 Å². The lowest BCUT2D eigenvalue weighted by molar-refractivity contribution is 0.392. The summed E-state index contributed by atoms with van der Waals surface area (Å²) in [6.07, 6.45) is 0. The third-order valence-corrected chi connectivity index (χ3v) is 5.18. The molecule has 0 saturated carbocycles. The zero-order valence-corrected chi connectivity index (χ0v) is 16.6. The van der Waals surface area contributed by atoms with Gasteiger partial charge in [0.25, 0.3) is 0 Å². The molecule has 3 heteroatoms. The normalized spacial score (nSPS) is 12.5. The molecule has 21 heavy (non-hydrogen) atoms. The molecular formula is C18H34N2Si. The molecule has 2 nitrogen and oxygen atoms in total. The van der Waals surface area contributed by atoms with E-state index in [2.05, 4.69) is 77.5 Å². The fraction of sp³-hybridized carbons (Fsp3) is 0.667. The zero-order valence-electron chi connectivity index (χ0n) is 15.6. The molecule has 120 valence electrons. The van der Waals surface area contributed by atoms with E-state index in [0.29, 0.717) is 0 Å². The van der Waals surface area contributed by atoms with Crippen LogP contribution in [0.4, 0.5) is 0 Å². The Morgan fingerprint density at radius 1 is 0.762 bits per heavy atom. The van der Waals surface area contributed by atoms with Crippen LogP contribution in [0.1, 0.15) is 27.8 Å². The third-order valence-electron chi connectivity index (χ3n) is 3.77. The van der Waals surface area contributed by atoms with Gasteiger partial charge in [-0.3, -0.25) is 0 Å². The van der Waals surface area contributed by atoms with Crippen LogP contribution in [-0.2, 0) is 19.1 Å². The minimum absolute atomic E-state index is 1.05. The minimum atomic E-state index is -1.15. The predicted molar refractivity (Wildman–Crippen MR) is 97.7 cm³/mol. The van der Waals surface area contributed by atoms with E-state index in [9.17, 15) is 0 Å². The highest BCUT2D eigenvalue weighted by molar-refractivity contribution is 6.75. The van der Waals surface area contributed by atoms with Crippen molar-refractivity contribution in [1.82, 2.24) is 9.80 Å². The molecule has 0 bridgehead atoms. The van der Waals surface area contributed by atoms with Crippen molar-refractivity contribution in [3.63, 3.8) is 0 Å². The Hall–Kier alpha value is -0.643. The maximum atomic E-state index is 2.48. The molecule has 1 aromatic carbocycles. The van der Waals surface area contributed by atoms with Crippen LogP contribution in [0.5, 0.6) is 0 Å². The summed E-state index contributed by atoms with van der Waals surface area (Å²) in [6, 6.07) is 3.66. The van der Waals surface area contributed by atoms with E-state index in [1.54, 1.807) is 16.7 Å². The molecule has 1 rings (SSSR count).